The molecular formula is C19H27N3O4. The fourth-order valence-electron chi connectivity index (χ4n) is 2.99. The molecule has 2 rings (SSSR count). The summed E-state index contributed by atoms with van der Waals surface area (Å²) < 4.78 is 4.76. The van der Waals surface area contributed by atoms with Gasteiger partial charge in [0, 0.05) is 43.9 Å². The highest BCUT2D eigenvalue weighted by Crippen LogP contribution is 2.15. The molecule has 7 nitrogen and oxygen atoms in total. The minimum atomic E-state index is -0.246. The van der Waals surface area contributed by atoms with E-state index in [1.54, 1.807) is 24.3 Å². The molecule has 1 aliphatic heterocycles. The molecular weight excluding hydrogens is 334 g/mol. The van der Waals surface area contributed by atoms with Crippen molar-refractivity contribution in [2.75, 3.05) is 32.1 Å². The van der Waals surface area contributed by atoms with Crippen LogP contribution in [-0.4, -0.2) is 55.5 Å². The number of rotatable bonds is 7. The fourth-order valence-corrected chi connectivity index (χ4v) is 2.99. The molecule has 1 fully saturated rings. The zero-order chi connectivity index (χ0) is 18.9. The molecule has 1 aliphatic rings. The smallest absolute Gasteiger partial charge is 0.251 e. The lowest BCUT2D eigenvalue weighted by Crippen LogP contribution is -2.36. The van der Waals surface area contributed by atoms with Crippen molar-refractivity contribution in [3.05, 3.63) is 29.8 Å². The van der Waals surface area contributed by atoms with Gasteiger partial charge in [0.2, 0.25) is 11.8 Å². The van der Waals surface area contributed by atoms with Gasteiger partial charge < -0.3 is 20.3 Å². The van der Waals surface area contributed by atoms with E-state index >= 15 is 0 Å². The summed E-state index contributed by atoms with van der Waals surface area (Å²) in [6.07, 6.45) is 2.84. The molecule has 0 aromatic heterocycles. The second kappa shape index (κ2) is 9.91. The number of nitrogens with one attached hydrogen (secondary N) is 2. The van der Waals surface area contributed by atoms with Crippen LogP contribution in [0.15, 0.2) is 24.3 Å². The van der Waals surface area contributed by atoms with Crippen LogP contribution in [0.5, 0.6) is 0 Å². The van der Waals surface area contributed by atoms with Gasteiger partial charge in [0.25, 0.3) is 5.91 Å². The number of ether oxygens (including phenoxy) is 1. The van der Waals surface area contributed by atoms with Gasteiger partial charge in [0.1, 0.15) is 6.61 Å². The Morgan fingerprint density at radius 3 is 2.62 bits per heavy atom. The Kier molecular flexibility index (Phi) is 7.59. The van der Waals surface area contributed by atoms with Crippen molar-refractivity contribution in [2.45, 2.75) is 38.6 Å². The molecule has 0 spiro atoms. The first-order valence-corrected chi connectivity index (χ1v) is 9.01. The van der Waals surface area contributed by atoms with Crippen LogP contribution in [-0.2, 0) is 14.3 Å². The van der Waals surface area contributed by atoms with Gasteiger partial charge in [-0.2, -0.15) is 0 Å². The summed E-state index contributed by atoms with van der Waals surface area (Å²) in [5.41, 5.74) is 1.13. The Balaban J connectivity index is 1.89. The SMILES string of the molecule is CCCN1CCC(NC(=O)c2ccc(NC(=O)COC)cc2)CCC1=O. The third kappa shape index (κ3) is 5.84. The van der Waals surface area contributed by atoms with Crippen LogP contribution >= 0.6 is 0 Å². The summed E-state index contributed by atoms with van der Waals surface area (Å²) in [4.78, 5) is 37.8. The van der Waals surface area contributed by atoms with E-state index < -0.39 is 0 Å². The normalized spacial score (nSPS) is 17.5. The number of benzene rings is 1. The molecule has 0 radical (unpaired) electrons. The number of nitrogens with zero attached hydrogens (tertiary/aromatic N) is 1. The lowest BCUT2D eigenvalue weighted by atomic mass is 10.1. The lowest BCUT2D eigenvalue weighted by Gasteiger charge is -2.20. The molecule has 1 atom stereocenters. The van der Waals surface area contributed by atoms with Crippen molar-refractivity contribution >= 4 is 23.4 Å². The first-order chi connectivity index (χ1) is 12.5. The van der Waals surface area contributed by atoms with E-state index in [4.69, 9.17) is 4.74 Å². The van der Waals surface area contributed by atoms with Crippen molar-refractivity contribution in [1.29, 1.82) is 0 Å². The minimum Gasteiger partial charge on any atom is -0.375 e. The van der Waals surface area contributed by atoms with E-state index in [9.17, 15) is 14.4 Å². The van der Waals surface area contributed by atoms with Crippen LogP contribution in [0.2, 0.25) is 0 Å². The van der Waals surface area contributed by atoms with Crippen LogP contribution in [0.1, 0.15) is 43.0 Å². The number of anilines is 1. The molecule has 1 heterocycles. The number of carbonyl (C=O) groups excluding carboxylic acids is 3. The number of methoxy groups -OCH3 is 1. The summed E-state index contributed by atoms with van der Waals surface area (Å²) in [6.45, 7) is 3.49. The summed E-state index contributed by atoms with van der Waals surface area (Å²) in [6, 6.07) is 6.70. The van der Waals surface area contributed by atoms with Crippen molar-refractivity contribution < 1.29 is 19.1 Å². The van der Waals surface area contributed by atoms with E-state index in [1.807, 2.05) is 4.90 Å². The average Bonchev–Trinajstić information content (AvgIpc) is 2.79. The highest BCUT2D eigenvalue weighted by molar-refractivity contribution is 5.96. The molecule has 1 unspecified atom stereocenters. The number of hydrogen-bond donors (Lipinski definition) is 2. The number of amides is 3. The second-order valence-electron chi connectivity index (χ2n) is 6.44. The van der Waals surface area contributed by atoms with Gasteiger partial charge in [0.15, 0.2) is 0 Å². The highest BCUT2D eigenvalue weighted by atomic mass is 16.5. The number of likely N-dealkylation sites (tertiary alicyclic amines) is 1. The van der Waals surface area contributed by atoms with Gasteiger partial charge >= 0.3 is 0 Å². The van der Waals surface area contributed by atoms with Crippen LogP contribution < -0.4 is 10.6 Å². The summed E-state index contributed by atoms with van der Waals surface area (Å²) >= 11 is 0. The van der Waals surface area contributed by atoms with Crippen LogP contribution in [0.25, 0.3) is 0 Å². The van der Waals surface area contributed by atoms with Gasteiger partial charge in [-0.05, 0) is 43.5 Å². The van der Waals surface area contributed by atoms with Gasteiger partial charge in [0.05, 0.1) is 0 Å². The number of carbonyl (C=O) groups is 3. The van der Waals surface area contributed by atoms with Crippen molar-refractivity contribution in [2.24, 2.45) is 0 Å². The molecule has 1 aromatic rings. The Labute approximate surface area is 154 Å². The minimum absolute atomic E-state index is 0.00520. The molecule has 1 saturated heterocycles. The first-order valence-electron chi connectivity index (χ1n) is 9.01. The molecule has 3 amide bonds. The maximum absolute atomic E-state index is 12.4. The molecule has 0 saturated carbocycles. The molecule has 1 aromatic carbocycles. The molecule has 26 heavy (non-hydrogen) atoms. The Morgan fingerprint density at radius 2 is 1.96 bits per heavy atom. The van der Waals surface area contributed by atoms with Gasteiger partial charge in [-0.15, -0.1) is 0 Å². The molecule has 142 valence electrons. The average molecular weight is 361 g/mol. The van der Waals surface area contributed by atoms with E-state index in [2.05, 4.69) is 17.6 Å². The van der Waals surface area contributed by atoms with Crippen LogP contribution in [0, 0.1) is 0 Å². The van der Waals surface area contributed by atoms with E-state index in [0.717, 1.165) is 19.4 Å². The first kappa shape index (κ1) is 19.9. The van der Waals surface area contributed by atoms with Crippen molar-refractivity contribution in [3.63, 3.8) is 0 Å². The predicted molar refractivity (Wildman–Crippen MR) is 98.9 cm³/mol. The van der Waals surface area contributed by atoms with Gasteiger partial charge in [-0.3, -0.25) is 14.4 Å². The Bertz CT molecular complexity index is 630. The lowest BCUT2D eigenvalue weighted by molar-refractivity contribution is -0.130. The van der Waals surface area contributed by atoms with E-state index in [-0.39, 0.29) is 30.4 Å². The highest BCUT2D eigenvalue weighted by Gasteiger charge is 2.23. The molecule has 0 aliphatic carbocycles. The summed E-state index contributed by atoms with van der Waals surface area (Å²) in [5, 5.41) is 5.70. The predicted octanol–water partition coefficient (Wildman–Crippen LogP) is 1.79. The van der Waals surface area contributed by atoms with Crippen molar-refractivity contribution in [3.8, 4) is 0 Å². The van der Waals surface area contributed by atoms with Crippen LogP contribution in [0.3, 0.4) is 0 Å². The Hall–Kier alpha value is -2.41. The largest absolute Gasteiger partial charge is 0.375 e. The van der Waals surface area contributed by atoms with E-state index in [1.165, 1.54) is 7.11 Å². The summed E-state index contributed by atoms with van der Waals surface area (Å²) in [5.74, 6) is -0.245. The van der Waals surface area contributed by atoms with Gasteiger partial charge in [-0.25, -0.2) is 0 Å². The molecule has 7 heteroatoms. The topological polar surface area (TPSA) is 87.7 Å². The second-order valence-corrected chi connectivity index (χ2v) is 6.44. The third-order valence-electron chi connectivity index (χ3n) is 4.34. The van der Waals surface area contributed by atoms with Crippen molar-refractivity contribution in [1.82, 2.24) is 10.2 Å². The Morgan fingerprint density at radius 1 is 1.23 bits per heavy atom. The zero-order valence-corrected chi connectivity index (χ0v) is 15.4. The van der Waals surface area contributed by atoms with Gasteiger partial charge in [-0.1, -0.05) is 6.92 Å². The maximum atomic E-state index is 12.4. The quantitative estimate of drug-likeness (QED) is 0.775. The fraction of sp³-hybridized carbons (Fsp3) is 0.526. The maximum Gasteiger partial charge on any atom is 0.251 e. The summed E-state index contributed by atoms with van der Waals surface area (Å²) in [7, 11) is 1.45. The number of hydrogen-bond acceptors (Lipinski definition) is 4. The standard InChI is InChI=1S/C19H27N3O4/c1-3-11-22-12-10-16(8-9-18(22)24)21-19(25)14-4-6-15(7-5-14)20-17(23)13-26-2/h4-7,16H,3,8-13H2,1-2H3,(H,20,23)(H,21,25). The van der Waals surface area contributed by atoms with E-state index in [0.29, 0.717) is 30.6 Å². The zero-order valence-electron chi connectivity index (χ0n) is 15.4. The molecule has 2 N–H and O–H groups in total. The third-order valence-corrected chi connectivity index (χ3v) is 4.34. The van der Waals surface area contributed by atoms with Crippen LogP contribution in [0.4, 0.5) is 5.69 Å². The molecule has 0 bridgehead atoms. The monoisotopic (exact) mass is 361 g/mol.